The summed E-state index contributed by atoms with van der Waals surface area (Å²) in [4.78, 5) is 43.0. The molecule has 4 aromatic rings. The number of nitrogens with zero attached hydrogens (tertiary/aromatic N) is 5. The normalized spacial score (nSPS) is 16.9. The number of amides is 2. The number of hydrogen-bond donors (Lipinski definition) is 0. The first kappa shape index (κ1) is 28.9. The molecule has 43 heavy (non-hydrogen) atoms. The molecular formula is C30H26BrN5O6S. The first-order valence-corrected chi connectivity index (χ1v) is 15.8. The number of sulfonamides is 1. The van der Waals surface area contributed by atoms with Crippen LogP contribution in [0.15, 0.2) is 82.3 Å². The Hall–Kier alpha value is -4.20. The van der Waals surface area contributed by atoms with Crippen molar-refractivity contribution in [3.05, 3.63) is 110 Å². The molecule has 3 aromatic carbocycles. The Balaban J connectivity index is 1.45. The smallest absolute Gasteiger partial charge is 0.269 e. The highest BCUT2D eigenvalue weighted by molar-refractivity contribution is 9.10. The molecule has 0 radical (unpaired) electrons. The fourth-order valence-electron chi connectivity index (χ4n) is 5.63. The predicted octanol–water partition coefficient (Wildman–Crippen LogP) is 5.39. The number of non-ortho nitro benzene ring substituents is 1. The van der Waals surface area contributed by atoms with Crippen LogP contribution in [0.1, 0.15) is 57.8 Å². The molecule has 6 rings (SSSR count). The van der Waals surface area contributed by atoms with Gasteiger partial charge in [0.1, 0.15) is 10.4 Å². The Labute approximate surface area is 256 Å². The summed E-state index contributed by atoms with van der Waals surface area (Å²) in [5, 5.41) is 11.2. The molecule has 220 valence electrons. The van der Waals surface area contributed by atoms with Gasteiger partial charge in [0.05, 0.1) is 39.2 Å². The molecule has 3 heterocycles. The zero-order valence-electron chi connectivity index (χ0n) is 23.2. The summed E-state index contributed by atoms with van der Waals surface area (Å²) in [7, 11) is -4.23. The molecule has 0 fully saturated rings. The zero-order valence-corrected chi connectivity index (χ0v) is 25.6. The van der Waals surface area contributed by atoms with E-state index in [1.807, 2.05) is 28.8 Å². The van der Waals surface area contributed by atoms with Crippen LogP contribution in [0, 0.1) is 10.1 Å². The van der Waals surface area contributed by atoms with Crippen molar-refractivity contribution in [1.82, 2.24) is 18.8 Å². The van der Waals surface area contributed by atoms with E-state index in [2.05, 4.69) is 29.8 Å². The summed E-state index contributed by atoms with van der Waals surface area (Å²) in [5.41, 5.74) is 2.77. The van der Waals surface area contributed by atoms with Crippen LogP contribution in [-0.2, 0) is 16.6 Å². The number of aromatic nitrogens is 2. The molecule has 2 aliphatic rings. The highest BCUT2D eigenvalue weighted by atomic mass is 79.9. The van der Waals surface area contributed by atoms with Gasteiger partial charge in [0.25, 0.3) is 17.5 Å². The van der Waals surface area contributed by atoms with Crippen molar-refractivity contribution < 1.29 is 22.9 Å². The second-order valence-electron chi connectivity index (χ2n) is 10.7. The Kier molecular flexibility index (Phi) is 7.27. The van der Waals surface area contributed by atoms with Crippen LogP contribution in [0.25, 0.3) is 11.4 Å². The molecule has 0 aliphatic carbocycles. The minimum atomic E-state index is -4.23. The number of benzene rings is 3. The number of fused-ring (bicyclic) bond motifs is 2. The average molecular weight is 665 g/mol. The second-order valence-corrected chi connectivity index (χ2v) is 13.3. The molecular weight excluding hydrogens is 638 g/mol. The summed E-state index contributed by atoms with van der Waals surface area (Å²) in [6, 6.07) is 18.1. The van der Waals surface area contributed by atoms with E-state index in [0.29, 0.717) is 22.0 Å². The molecule has 0 spiro atoms. The van der Waals surface area contributed by atoms with Gasteiger partial charge in [0.15, 0.2) is 0 Å². The van der Waals surface area contributed by atoms with Crippen molar-refractivity contribution >= 4 is 43.5 Å². The van der Waals surface area contributed by atoms with Gasteiger partial charge < -0.3 is 4.57 Å². The molecule has 1 atom stereocenters. The molecule has 0 N–H and O–H groups in total. The Morgan fingerprint density at radius 3 is 2.12 bits per heavy atom. The number of hydrogen-bond acceptors (Lipinski definition) is 7. The quantitative estimate of drug-likeness (QED) is 0.147. The van der Waals surface area contributed by atoms with Gasteiger partial charge in [-0.1, -0.05) is 50.2 Å². The van der Waals surface area contributed by atoms with Crippen LogP contribution in [0.2, 0.25) is 0 Å². The second kappa shape index (κ2) is 10.8. The largest absolute Gasteiger partial charge is 0.324 e. The number of carbonyl (C=O) groups excluding carboxylic acids is 2. The van der Waals surface area contributed by atoms with Crippen LogP contribution >= 0.6 is 15.9 Å². The van der Waals surface area contributed by atoms with E-state index in [1.165, 1.54) is 16.4 Å². The molecule has 0 saturated carbocycles. The highest BCUT2D eigenvalue weighted by Crippen LogP contribution is 2.40. The SMILES string of the molecule is CC(C)c1ccc(-c2nc(Br)c3n2CCN(S(=O)(=O)c2ccc([N+](=O)[O-])cc2)C3CN2C(=O)c3ccccc3C2=O)cc1. The fourth-order valence-corrected chi connectivity index (χ4v) is 7.85. The topological polar surface area (TPSA) is 136 Å². The van der Waals surface area contributed by atoms with Crippen LogP contribution in [-0.4, -0.2) is 57.0 Å². The van der Waals surface area contributed by atoms with E-state index in [9.17, 15) is 28.1 Å². The zero-order chi connectivity index (χ0) is 30.6. The molecule has 1 unspecified atom stereocenters. The maximum atomic E-state index is 14.1. The first-order chi connectivity index (χ1) is 20.5. The number of imidazole rings is 1. The van der Waals surface area contributed by atoms with E-state index in [4.69, 9.17) is 4.98 Å². The summed E-state index contributed by atoms with van der Waals surface area (Å²) in [6.45, 7) is 4.22. The Morgan fingerprint density at radius 2 is 1.56 bits per heavy atom. The summed E-state index contributed by atoms with van der Waals surface area (Å²) < 4.78 is 31.7. The van der Waals surface area contributed by atoms with Crippen LogP contribution in [0.4, 0.5) is 5.69 Å². The maximum absolute atomic E-state index is 14.1. The van der Waals surface area contributed by atoms with Gasteiger partial charge in [-0.2, -0.15) is 4.31 Å². The lowest BCUT2D eigenvalue weighted by Gasteiger charge is -2.37. The number of rotatable bonds is 7. The van der Waals surface area contributed by atoms with Crippen LogP contribution in [0.5, 0.6) is 0 Å². The van der Waals surface area contributed by atoms with E-state index >= 15 is 0 Å². The molecule has 1 aromatic heterocycles. The number of halogens is 1. The number of carbonyl (C=O) groups is 2. The van der Waals surface area contributed by atoms with E-state index in [1.54, 1.807) is 24.3 Å². The maximum Gasteiger partial charge on any atom is 0.269 e. The summed E-state index contributed by atoms with van der Waals surface area (Å²) in [5.74, 6) is -0.0507. The highest BCUT2D eigenvalue weighted by Gasteiger charge is 2.44. The van der Waals surface area contributed by atoms with Gasteiger partial charge in [0.2, 0.25) is 10.0 Å². The summed E-state index contributed by atoms with van der Waals surface area (Å²) in [6.07, 6.45) is 0. The van der Waals surface area contributed by atoms with Crippen LogP contribution in [0.3, 0.4) is 0 Å². The van der Waals surface area contributed by atoms with E-state index in [0.717, 1.165) is 28.2 Å². The molecule has 13 heteroatoms. The monoisotopic (exact) mass is 663 g/mol. The molecule has 2 amide bonds. The fraction of sp³-hybridized carbons (Fsp3) is 0.233. The van der Waals surface area contributed by atoms with Crippen LogP contribution < -0.4 is 0 Å². The van der Waals surface area contributed by atoms with Gasteiger partial charge in [-0.3, -0.25) is 24.6 Å². The molecule has 0 saturated heterocycles. The van der Waals surface area contributed by atoms with E-state index in [-0.39, 0.29) is 41.3 Å². The number of nitro groups is 1. The number of nitro benzene ring substituents is 1. The predicted molar refractivity (Wildman–Crippen MR) is 161 cm³/mol. The molecule has 0 bridgehead atoms. The van der Waals surface area contributed by atoms with Gasteiger partial charge in [-0.05, 0) is 51.7 Å². The Bertz CT molecular complexity index is 1850. The lowest BCUT2D eigenvalue weighted by molar-refractivity contribution is -0.384. The minimum absolute atomic E-state index is 0.0139. The van der Waals surface area contributed by atoms with Crippen molar-refractivity contribution in [3.8, 4) is 11.4 Å². The molecule has 2 aliphatic heterocycles. The van der Waals surface area contributed by atoms with Crippen molar-refractivity contribution in [2.75, 3.05) is 13.1 Å². The molecule has 11 nitrogen and oxygen atoms in total. The average Bonchev–Trinajstić information content (AvgIpc) is 3.46. The van der Waals surface area contributed by atoms with Crippen molar-refractivity contribution in [2.24, 2.45) is 0 Å². The van der Waals surface area contributed by atoms with Gasteiger partial charge in [0, 0.05) is 30.8 Å². The minimum Gasteiger partial charge on any atom is -0.324 e. The van der Waals surface area contributed by atoms with Crippen molar-refractivity contribution in [2.45, 2.75) is 37.2 Å². The third-order valence-electron chi connectivity index (χ3n) is 7.89. The van der Waals surface area contributed by atoms with Gasteiger partial charge in [-0.15, -0.1) is 0 Å². The lowest BCUT2D eigenvalue weighted by atomic mass is 10.0. The van der Waals surface area contributed by atoms with Crippen molar-refractivity contribution in [1.29, 1.82) is 0 Å². The number of imide groups is 1. The Morgan fingerprint density at radius 1 is 0.953 bits per heavy atom. The van der Waals surface area contributed by atoms with Gasteiger partial charge in [-0.25, -0.2) is 13.4 Å². The third kappa shape index (κ3) is 4.86. The van der Waals surface area contributed by atoms with Gasteiger partial charge >= 0.3 is 0 Å². The summed E-state index contributed by atoms with van der Waals surface area (Å²) >= 11 is 3.55. The van der Waals surface area contributed by atoms with E-state index < -0.39 is 32.8 Å². The standard InChI is InChI=1S/C30H26BrN5O6S/c1-18(2)19-7-9-20(10-8-19)28-32-27(31)26-25(17-34-29(37)23-5-3-4-6-24(23)30(34)38)35(16-15-33(26)28)43(41,42)22-13-11-21(12-14-22)36(39)40/h3-14,18,25H,15-17H2,1-2H3. The van der Waals surface area contributed by atoms with Crippen molar-refractivity contribution in [3.63, 3.8) is 0 Å². The lowest BCUT2D eigenvalue weighted by Crippen LogP contribution is -2.48. The first-order valence-electron chi connectivity index (χ1n) is 13.6. The third-order valence-corrected chi connectivity index (χ3v) is 10.4.